The number of hydrogen-bond acceptors (Lipinski definition) is 6. The monoisotopic (exact) mass is 337 g/mol. The van der Waals surface area contributed by atoms with Crippen LogP contribution in [0.25, 0.3) is 10.8 Å². The zero-order chi connectivity index (χ0) is 17.6. The smallest absolute Gasteiger partial charge is 0.325 e. The van der Waals surface area contributed by atoms with Gasteiger partial charge in [-0.1, -0.05) is 24.3 Å². The van der Waals surface area contributed by atoms with Gasteiger partial charge in [0.05, 0.1) is 16.3 Å². The van der Waals surface area contributed by atoms with Crippen LogP contribution >= 0.6 is 0 Å². The zero-order valence-electron chi connectivity index (χ0n) is 13.4. The van der Waals surface area contributed by atoms with Crippen molar-refractivity contribution in [3.63, 3.8) is 0 Å². The number of non-ortho nitro benzene ring substituents is 1. The molecule has 7 nitrogen and oxygen atoms in total. The van der Waals surface area contributed by atoms with Gasteiger partial charge in [0.15, 0.2) is 5.75 Å². The van der Waals surface area contributed by atoms with Gasteiger partial charge in [-0.3, -0.25) is 10.1 Å². The molecule has 0 amide bonds. The topological polar surface area (TPSA) is 99.7 Å². The average Bonchev–Trinajstić information content (AvgIpc) is 3.00. The summed E-state index contributed by atoms with van der Waals surface area (Å²) in [7, 11) is 0. The SMILES string of the molecule is Cc1cc2ccccc2c(N)c1OC1Nc2cc([N+](=O)[O-])ccc2O1. The van der Waals surface area contributed by atoms with Crippen molar-refractivity contribution in [1.82, 2.24) is 0 Å². The molecule has 0 bridgehead atoms. The summed E-state index contributed by atoms with van der Waals surface area (Å²) in [5.74, 6) is 1.02. The molecule has 0 radical (unpaired) electrons. The van der Waals surface area contributed by atoms with Crippen LogP contribution in [0.15, 0.2) is 48.5 Å². The maximum Gasteiger partial charge on any atom is 0.325 e. The second kappa shape index (κ2) is 5.55. The molecule has 25 heavy (non-hydrogen) atoms. The number of nitrogens with zero attached hydrogens (tertiary/aromatic N) is 1. The van der Waals surface area contributed by atoms with Crippen molar-refractivity contribution < 1.29 is 14.4 Å². The van der Waals surface area contributed by atoms with Crippen LogP contribution in [0, 0.1) is 17.0 Å². The minimum absolute atomic E-state index is 0.0168. The summed E-state index contributed by atoms with van der Waals surface area (Å²) < 4.78 is 11.6. The standard InChI is InChI=1S/C18H15N3O4/c1-10-8-11-4-2-3-5-13(11)16(19)17(10)25-18-20-14-9-12(21(22)23)6-7-15(14)24-18/h2-9,18,20H,19H2,1H3. The predicted octanol–water partition coefficient (Wildman–Crippen LogP) is 3.81. The number of ether oxygens (including phenoxy) is 2. The maximum absolute atomic E-state index is 10.9. The van der Waals surface area contributed by atoms with Crippen molar-refractivity contribution in [3.05, 3.63) is 64.2 Å². The quantitative estimate of drug-likeness (QED) is 0.428. The first-order chi connectivity index (χ1) is 12.0. The Morgan fingerprint density at radius 1 is 1.24 bits per heavy atom. The molecule has 0 aliphatic carbocycles. The van der Waals surface area contributed by atoms with Crippen molar-refractivity contribution in [2.45, 2.75) is 13.3 Å². The number of nitro benzene ring substituents is 1. The van der Waals surface area contributed by atoms with Crippen LogP contribution in [-0.4, -0.2) is 11.3 Å². The lowest BCUT2D eigenvalue weighted by Gasteiger charge is -2.18. The molecule has 7 heteroatoms. The number of fused-ring (bicyclic) bond motifs is 2. The van der Waals surface area contributed by atoms with Crippen molar-refractivity contribution in [3.8, 4) is 11.5 Å². The van der Waals surface area contributed by atoms with Crippen LogP contribution in [0.2, 0.25) is 0 Å². The van der Waals surface area contributed by atoms with Crippen LogP contribution in [0.5, 0.6) is 11.5 Å². The number of benzene rings is 3. The lowest BCUT2D eigenvalue weighted by molar-refractivity contribution is -0.384. The van der Waals surface area contributed by atoms with Gasteiger partial charge in [0.25, 0.3) is 5.69 Å². The Morgan fingerprint density at radius 2 is 2.04 bits per heavy atom. The molecule has 1 aliphatic rings. The van der Waals surface area contributed by atoms with Gasteiger partial charge in [-0.25, -0.2) is 0 Å². The molecule has 0 fully saturated rings. The molecule has 0 saturated heterocycles. The first kappa shape index (κ1) is 15.1. The summed E-state index contributed by atoms with van der Waals surface area (Å²) in [5, 5.41) is 15.8. The molecule has 1 heterocycles. The normalized spacial score (nSPS) is 15.3. The fraction of sp³-hybridized carbons (Fsp3) is 0.111. The van der Waals surface area contributed by atoms with E-state index in [4.69, 9.17) is 15.2 Å². The highest BCUT2D eigenvalue weighted by Crippen LogP contribution is 2.39. The number of nitrogens with two attached hydrogens (primary N) is 1. The Bertz CT molecular complexity index is 1000. The van der Waals surface area contributed by atoms with E-state index in [0.717, 1.165) is 16.3 Å². The number of aryl methyl sites for hydroxylation is 1. The second-order valence-corrected chi connectivity index (χ2v) is 5.81. The summed E-state index contributed by atoms with van der Waals surface area (Å²) >= 11 is 0. The second-order valence-electron chi connectivity index (χ2n) is 5.81. The van der Waals surface area contributed by atoms with E-state index in [-0.39, 0.29) is 5.69 Å². The van der Waals surface area contributed by atoms with Crippen LogP contribution < -0.4 is 20.5 Å². The van der Waals surface area contributed by atoms with E-state index in [1.807, 2.05) is 37.3 Å². The van der Waals surface area contributed by atoms with Gasteiger partial charge in [0.1, 0.15) is 5.75 Å². The van der Waals surface area contributed by atoms with Gasteiger partial charge in [-0.05, 0) is 30.0 Å². The molecule has 1 aliphatic heterocycles. The Morgan fingerprint density at radius 3 is 2.84 bits per heavy atom. The molecule has 0 spiro atoms. The molecule has 1 atom stereocenters. The molecule has 0 aromatic heterocycles. The van der Waals surface area contributed by atoms with Crippen molar-refractivity contribution in [2.24, 2.45) is 0 Å². The maximum atomic E-state index is 10.9. The Hall–Kier alpha value is -3.48. The van der Waals surface area contributed by atoms with E-state index in [1.54, 1.807) is 6.07 Å². The van der Waals surface area contributed by atoms with Crippen molar-refractivity contribution in [2.75, 3.05) is 11.1 Å². The highest BCUT2D eigenvalue weighted by Gasteiger charge is 2.26. The lowest BCUT2D eigenvalue weighted by atomic mass is 10.0. The molecule has 1 unspecified atom stereocenters. The third-order valence-electron chi connectivity index (χ3n) is 4.13. The van der Waals surface area contributed by atoms with E-state index >= 15 is 0 Å². The van der Waals surface area contributed by atoms with Crippen LogP contribution in [0.4, 0.5) is 17.1 Å². The number of anilines is 2. The van der Waals surface area contributed by atoms with E-state index in [2.05, 4.69) is 5.32 Å². The fourth-order valence-corrected chi connectivity index (χ4v) is 2.94. The Kier molecular flexibility index (Phi) is 3.35. The third-order valence-corrected chi connectivity index (χ3v) is 4.13. The van der Waals surface area contributed by atoms with Crippen molar-refractivity contribution >= 4 is 27.8 Å². The van der Waals surface area contributed by atoms with Gasteiger partial charge in [0.2, 0.25) is 0 Å². The van der Waals surface area contributed by atoms with E-state index < -0.39 is 11.3 Å². The van der Waals surface area contributed by atoms with E-state index in [9.17, 15) is 10.1 Å². The Labute approximate surface area is 143 Å². The summed E-state index contributed by atoms with van der Waals surface area (Å²) in [4.78, 5) is 10.4. The average molecular weight is 337 g/mol. The molecule has 3 aromatic carbocycles. The molecule has 126 valence electrons. The number of nitro groups is 1. The van der Waals surface area contributed by atoms with Gasteiger partial charge in [0, 0.05) is 17.5 Å². The van der Waals surface area contributed by atoms with Crippen molar-refractivity contribution in [1.29, 1.82) is 0 Å². The number of hydrogen-bond donors (Lipinski definition) is 2. The molecule has 3 N–H and O–H groups in total. The zero-order valence-corrected chi connectivity index (χ0v) is 13.4. The van der Waals surface area contributed by atoms with Gasteiger partial charge in [-0.15, -0.1) is 0 Å². The largest absolute Gasteiger partial charge is 0.435 e. The van der Waals surface area contributed by atoms with Crippen LogP contribution in [-0.2, 0) is 0 Å². The van der Waals surface area contributed by atoms with Gasteiger partial charge in [-0.2, -0.15) is 0 Å². The highest BCUT2D eigenvalue weighted by molar-refractivity contribution is 5.96. The van der Waals surface area contributed by atoms with Crippen LogP contribution in [0.3, 0.4) is 0 Å². The van der Waals surface area contributed by atoms with E-state index in [1.165, 1.54) is 12.1 Å². The number of rotatable bonds is 3. The van der Waals surface area contributed by atoms with Crippen LogP contribution in [0.1, 0.15) is 5.56 Å². The number of nitrogen functional groups attached to an aromatic ring is 1. The summed E-state index contributed by atoms with van der Waals surface area (Å²) in [5.41, 5.74) is 8.17. The summed E-state index contributed by atoms with van der Waals surface area (Å²) in [6.07, 6.45) is -0.806. The van der Waals surface area contributed by atoms with E-state index in [0.29, 0.717) is 22.9 Å². The lowest BCUT2D eigenvalue weighted by Crippen LogP contribution is -2.28. The highest BCUT2D eigenvalue weighted by atomic mass is 16.7. The molecule has 3 aromatic rings. The minimum Gasteiger partial charge on any atom is -0.435 e. The van der Waals surface area contributed by atoms with Gasteiger partial charge < -0.3 is 20.5 Å². The van der Waals surface area contributed by atoms with Gasteiger partial charge >= 0.3 is 6.41 Å². The molecule has 4 rings (SSSR count). The molecular weight excluding hydrogens is 322 g/mol. The minimum atomic E-state index is -0.806. The molecular formula is C18H15N3O4. The Balaban J connectivity index is 1.63. The summed E-state index contributed by atoms with van der Waals surface area (Å²) in [6.45, 7) is 1.91. The number of nitrogens with one attached hydrogen (secondary N) is 1. The molecule has 0 saturated carbocycles. The fourth-order valence-electron chi connectivity index (χ4n) is 2.94. The third kappa shape index (κ3) is 2.55. The first-order valence-electron chi connectivity index (χ1n) is 7.69. The first-order valence-corrected chi connectivity index (χ1v) is 7.69. The summed E-state index contributed by atoms with van der Waals surface area (Å²) in [6, 6.07) is 14.1. The predicted molar refractivity (Wildman–Crippen MR) is 94.9 cm³/mol.